The highest BCUT2D eigenvalue weighted by atomic mass is 35.5. The zero-order valence-electron chi connectivity index (χ0n) is 13.5. The number of aliphatic hydroxyl groups is 1. The largest absolute Gasteiger partial charge is 0.493 e. The average Bonchev–Trinajstić information content (AvgIpc) is 2.60. The number of rotatable bonds is 7. The molecule has 2 amide bonds. The highest BCUT2D eigenvalue weighted by Gasteiger charge is 2.08. The highest BCUT2D eigenvalue weighted by Crippen LogP contribution is 2.28. The van der Waals surface area contributed by atoms with Gasteiger partial charge in [0.15, 0.2) is 11.5 Å². The van der Waals surface area contributed by atoms with Crippen LogP contribution in [0.25, 0.3) is 0 Å². The van der Waals surface area contributed by atoms with Gasteiger partial charge in [0, 0.05) is 11.6 Å². The number of anilines is 1. The van der Waals surface area contributed by atoms with E-state index >= 15 is 0 Å². The number of methoxy groups -OCH3 is 1. The average molecular weight is 385 g/mol. The van der Waals surface area contributed by atoms with Crippen LogP contribution in [0.5, 0.6) is 11.5 Å². The maximum atomic E-state index is 12.0. The van der Waals surface area contributed by atoms with Gasteiger partial charge in [-0.1, -0.05) is 29.3 Å². The van der Waals surface area contributed by atoms with Crippen LogP contribution in [-0.2, 0) is 6.54 Å². The van der Waals surface area contributed by atoms with Gasteiger partial charge in [-0.2, -0.15) is 0 Å². The molecule has 0 aliphatic rings. The molecule has 0 heterocycles. The van der Waals surface area contributed by atoms with Crippen molar-refractivity contribution in [2.24, 2.45) is 0 Å². The van der Waals surface area contributed by atoms with E-state index in [0.717, 1.165) is 5.56 Å². The number of benzene rings is 2. The van der Waals surface area contributed by atoms with E-state index in [1.54, 1.807) is 36.4 Å². The molecule has 0 aliphatic heterocycles. The monoisotopic (exact) mass is 384 g/mol. The minimum absolute atomic E-state index is 0.0834. The maximum Gasteiger partial charge on any atom is 0.319 e. The van der Waals surface area contributed by atoms with Crippen LogP contribution in [0.3, 0.4) is 0 Å². The molecule has 0 saturated heterocycles. The van der Waals surface area contributed by atoms with Gasteiger partial charge in [-0.15, -0.1) is 0 Å². The normalized spacial score (nSPS) is 10.2. The number of ether oxygens (including phenoxy) is 2. The van der Waals surface area contributed by atoms with E-state index in [0.29, 0.717) is 27.2 Å². The van der Waals surface area contributed by atoms with Crippen LogP contribution in [-0.4, -0.2) is 31.5 Å². The Bertz CT molecular complexity index is 741. The second-order valence-electron chi connectivity index (χ2n) is 4.99. The first-order chi connectivity index (χ1) is 12.0. The number of amides is 2. The molecule has 0 spiro atoms. The molecule has 0 fully saturated rings. The molecule has 2 aromatic rings. The van der Waals surface area contributed by atoms with Gasteiger partial charge in [0.2, 0.25) is 0 Å². The number of urea groups is 1. The summed E-state index contributed by atoms with van der Waals surface area (Å²) in [5, 5.41) is 15.0. The van der Waals surface area contributed by atoms with E-state index in [1.165, 1.54) is 7.11 Å². The molecule has 0 atom stereocenters. The minimum atomic E-state index is -0.399. The van der Waals surface area contributed by atoms with E-state index in [1.807, 2.05) is 0 Å². The molecule has 0 bridgehead atoms. The van der Waals surface area contributed by atoms with E-state index < -0.39 is 6.03 Å². The van der Waals surface area contributed by atoms with Crippen molar-refractivity contribution in [2.75, 3.05) is 25.6 Å². The van der Waals surface area contributed by atoms with Crippen molar-refractivity contribution in [3.05, 3.63) is 52.0 Å². The Kier molecular flexibility index (Phi) is 7.18. The molecule has 0 aliphatic carbocycles. The molecule has 25 heavy (non-hydrogen) atoms. The third kappa shape index (κ3) is 5.70. The SMILES string of the molecule is COc1cc(CNC(=O)Nc2ccc(Cl)cc2Cl)ccc1OCCO. The van der Waals surface area contributed by atoms with Crippen molar-refractivity contribution in [2.45, 2.75) is 6.54 Å². The second-order valence-corrected chi connectivity index (χ2v) is 5.83. The van der Waals surface area contributed by atoms with Crippen LogP contribution in [0.1, 0.15) is 5.56 Å². The fourth-order valence-corrected chi connectivity index (χ4v) is 2.49. The summed E-state index contributed by atoms with van der Waals surface area (Å²) in [7, 11) is 1.52. The molecule has 134 valence electrons. The third-order valence-electron chi connectivity index (χ3n) is 3.21. The van der Waals surface area contributed by atoms with Crippen LogP contribution in [0, 0.1) is 0 Å². The molecular weight excluding hydrogens is 367 g/mol. The van der Waals surface area contributed by atoms with Crippen molar-refractivity contribution >= 4 is 34.9 Å². The molecule has 0 aromatic heterocycles. The predicted molar refractivity (Wildman–Crippen MR) is 97.9 cm³/mol. The molecule has 3 N–H and O–H groups in total. The van der Waals surface area contributed by atoms with Gasteiger partial charge in [0.25, 0.3) is 0 Å². The number of carbonyl (C=O) groups is 1. The summed E-state index contributed by atoms with van der Waals surface area (Å²) in [5.74, 6) is 1.05. The zero-order valence-corrected chi connectivity index (χ0v) is 15.0. The fraction of sp³-hybridized carbons (Fsp3) is 0.235. The maximum absolute atomic E-state index is 12.0. The summed E-state index contributed by atoms with van der Waals surface area (Å²) >= 11 is 11.8. The van der Waals surface area contributed by atoms with Gasteiger partial charge in [-0.25, -0.2) is 4.79 Å². The van der Waals surface area contributed by atoms with Gasteiger partial charge in [-0.3, -0.25) is 0 Å². The van der Waals surface area contributed by atoms with Crippen molar-refractivity contribution in [1.82, 2.24) is 5.32 Å². The Morgan fingerprint density at radius 2 is 1.96 bits per heavy atom. The Hall–Kier alpha value is -2.15. The van der Waals surface area contributed by atoms with Gasteiger partial charge >= 0.3 is 6.03 Å². The van der Waals surface area contributed by atoms with E-state index in [-0.39, 0.29) is 19.8 Å². The smallest absolute Gasteiger partial charge is 0.319 e. The molecule has 8 heteroatoms. The van der Waals surface area contributed by atoms with Crippen molar-refractivity contribution < 1.29 is 19.4 Å². The number of nitrogens with one attached hydrogen (secondary N) is 2. The Labute approximate surface area is 155 Å². The molecule has 2 rings (SSSR count). The minimum Gasteiger partial charge on any atom is -0.493 e. The summed E-state index contributed by atoms with van der Waals surface area (Å²) in [5.41, 5.74) is 1.29. The first-order valence-electron chi connectivity index (χ1n) is 7.44. The third-order valence-corrected chi connectivity index (χ3v) is 3.76. The lowest BCUT2D eigenvalue weighted by atomic mass is 10.2. The standard InChI is InChI=1S/C17H18Cl2N2O4/c1-24-16-8-11(2-5-15(16)25-7-6-22)10-20-17(23)21-14-4-3-12(18)9-13(14)19/h2-5,8-9,22H,6-7,10H2,1H3,(H2,20,21,23). The second kappa shape index (κ2) is 9.36. The van der Waals surface area contributed by atoms with E-state index in [9.17, 15) is 4.79 Å². The molecule has 6 nitrogen and oxygen atoms in total. The summed E-state index contributed by atoms with van der Waals surface area (Å²) in [6, 6.07) is 9.68. The van der Waals surface area contributed by atoms with Gasteiger partial charge in [0.1, 0.15) is 6.61 Å². The highest BCUT2D eigenvalue weighted by molar-refractivity contribution is 6.36. The topological polar surface area (TPSA) is 79.8 Å². The molecule has 0 unspecified atom stereocenters. The number of halogens is 2. The van der Waals surface area contributed by atoms with E-state index in [2.05, 4.69) is 10.6 Å². The van der Waals surface area contributed by atoms with Crippen LogP contribution < -0.4 is 20.1 Å². The number of carbonyl (C=O) groups excluding carboxylic acids is 1. The summed E-state index contributed by atoms with van der Waals surface area (Å²) in [4.78, 5) is 12.0. The first kappa shape index (κ1) is 19.2. The molecular formula is C17H18Cl2N2O4. The van der Waals surface area contributed by atoms with Crippen LogP contribution in [0.4, 0.5) is 10.5 Å². The Morgan fingerprint density at radius 3 is 2.64 bits per heavy atom. The lowest BCUT2D eigenvalue weighted by molar-refractivity contribution is 0.196. The van der Waals surface area contributed by atoms with Gasteiger partial charge in [-0.05, 0) is 35.9 Å². The molecule has 0 saturated carbocycles. The summed E-state index contributed by atoms with van der Waals surface area (Å²) < 4.78 is 10.6. The van der Waals surface area contributed by atoms with Crippen molar-refractivity contribution in [3.63, 3.8) is 0 Å². The Balaban J connectivity index is 1.94. The number of hydrogen-bond acceptors (Lipinski definition) is 4. The molecule has 0 radical (unpaired) electrons. The van der Waals surface area contributed by atoms with Crippen molar-refractivity contribution in [3.8, 4) is 11.5 Å². The van der Waals surface area contributed by atoms with Crippen LogP contribution in [0.15, 0.2) is 36.4 Å². The number of aliphatic hydroxyl groups excluding tert-OH is 1. The Morgan fingerprint density at radius 1 is 1.16 bits per heavy atom. The summed E-state index contributed by atoms with van der Waals surface area (Å²) in [6.45, 7) is 0.381. The fourth-order valence-electron chi connectivity index (χ4n) is 2.04. The van der Waals surface area contributed by atoms with Gasteiger partial charge < -0.3 is 25.2 Å². The lowest BCUT2D eigenvalue weighted by Crippen LogP contribution is -2.28. The summed E-state index contributed by atoms with van der Waals surface area (Å²) in [6.07, 6.45) is 0. The predicted octanol–water partition coefficient (Wildman–Crippen LogP) is 3.69. The van der Waals surface area contributed by atoms with Crippen LogP contribution in [0.2, 0.25) is 10.0 Å². The number of hydrogen-bond donors (Lipinski definition) is 3. The quantitative estimate of drug-likeness (QED) is 0.679. The van der Waals surface area contributed by atoms with Crippen molar-refractivity contribution in [1.29, 1.82) is 0 Å². The first-order valence-corrected chi connectivity index (χ1v) is 8.19. The molecule has 2 aromatic carbocycles. The van der Waals surface area contributed by atoms with Crippen LogP contribution >= 0.6 is 23.2 Å². The van der Waals surface area contributed by atoms with E-state index in [4.69, 9.17) is 37.8 Å². The lowest BCUT2D eigenvalue weighted by Gasteiger charge is -2.12. The van der Waals surface area contributed by atoms with Gasteiger partial charge in [0.05, 0.1) is 24.4 Å². The zero-order chi connectivity index (χ0) is 18.2.